The van der Waals surface area contributed by atoms with Crippen LogP contribution in [0.2, 0.25) is 0 Å². The molecular formula is C28H33Cl3N4O. The number of alkyl halides is 2. The Hall–Kier alpha value is -2.44. The van der Waals surface area contributed by atoms with Crippen LogP contribution in [0.5, 0.6) is 5.75 Å². The Kier molecular flexibility index (Phi) is 10.7. The smallest absolute Gasteiger partial charge is 0.145 e. The van der Waals surface area contributed by atoms with Crippen LogP contribution in [-0.2, 0) is 0 Å². The normalized spacial score (nSPS) is 11.1. The van der Waals surface area contributed by atoms with Crippen LogP contribution in [0.15, 0.2) is 60.7 Å². The van der Waals surface area contributed by atoms with Gasteiger partial charge in [0.1, 0.15) is 11.3 Å². The van der Waals surface area contributed by atoms with Crippen molar-refractivity contribution < 1.29 is 4.74 Å². The van der Waals surface area contributed by atoms with E-state index < -0.39 is 0 Å². The fourth-order valence-corrected chi connectivity index (χ4v) is 4.84. The highest BCUT2D eigenvalue weighted by atomic mass is 35.5. The number of hydrogen-bond donors (Lipinski definition) is 2. The minimum atomic E-state index is 0. The molecule has 3 aromatic carbocycles. The number of fused-ring (bicyclic) bond motifs is 2. The Morgan fingerprint density at radius 3 is 2.42 bits per heavy atom. The molecule has 0 aliphatic rings. The average molecular weight is 548 g/mol. The molecule has 0 spiro atoms. The number of nitrogens with zero attached hydrogens (tertiary/aromatic N) is 2. The summed E-state index contributed by atoms with van der Waals surface area (Å²) in [5.74, 6) is 2.03. The number of nitrogens with two attached hydrogens (primary N) is 1. The van der Waals surface area contributed by atoms with E-state index in [2.05, 4.69) is 28.4 Å². The zero-order valence-corrected chi connectivity index (χ0v) is 22.8. The zero-order valence-electron chi connectivity index (χ0n) is 20.5. The summed E-state index contributed by atoms with van der Waals surface area (Å²) in [5.41, 5.74) is 11.7. The van der Waals surface area contributed by atoms with E-state index in [4.69, 9.17) is 38.7 Å². The van der Waals surface area contributed by atoms with Crippen LogP contribution in [0, 0.1) is 6.92 Å². The number of nitrogens with one attached hydrogen (secondary N) is 1. The van der Waals surface area contributed by atoms with Crippen molar-refractivity contribution in [1.82, 2.24) is 9.88 Å². The number of aryl methyl sites for hydroxylation is 1. The van der Waals surface area contributed by atoms with E-state index in [0.29, 0.717) is 18.4 Å². The highest BCUT2D eigenvalue weighted by Gasteiger charge is 2.13. The standard InChI is InChI=1S/C28H32Cl2N4O.ClH/c1-20-17-21(31)19-22(18-20)32-27-23-7-2-3-9-25(23)33-28-24(27)8-6-10-26(28)35-16-5-4-13-34(14-11-29)15-12-30;/h2-3,6-10,17-19H,4-5,11-16,31H2,1H3,(H,32,33);1H. The maximum atomic E-state index is 6.23. The molecule has 0 aliphatic heterocycles. The molecule has 4 aromatic rings. The number of ether oxygens (including phenoxy) is 1. The first kappa shape index (κ1) is 28.1. The minimum absolute atomic E-state index is 0. The van der Waals surface area contributed by atoms with Gasteiger partial charge in [0.15, 0.2) is 0 Å². The summed E-state index contributed by atoms with van der Waals surface area (Å²) in [6, 6.07) is 20.3. The Bertz CT molecular complexity index is 1260. The molecule has 0 fully saturated rings. The molecule has 0 aliphatic carbocycles. The van der Waals surface area contributed by atoms with Gasteiger partial charge in [-0.25, -0.2) is 4.98 Å². The fourth-order valence-electron chi connectivity index (χ4n) is 4.36. The van der Waals surface area contributed by atoms with Crippen molar-refractivity contribution in [1.29, 1.82) is 0 Å². The maximum Gasteiger partial charge on any atom is 0.145 e. The average Bonchev–Trinajstić information content (AvgIpc) is 2.83. The van der Waals surface area contributed by atoms with Gasteiger partial charge < -0.3 is 20.7 Å². The van der Waals surface area contributed by atoms with Crippen LogP contribution in [-0.4, -0.2) is 47.9 Å². The van der Waals surface area contributed by atoms with E-state index in [1.807, 2.05) is 49.4 Å². The number of para-hydroxylation sites is 2. The molecule has 0 atom stereocenters. The summed E-state index contributed by atoms with van der Waals surface area (Å²) < 4.78 is 6.23. The molecular weight excluding hydrogens is 515 g/mol. The van der Waals surface area contributed by atoms with Crippen LogP contribution in [0.3, 0.4) is 0 Å². The lowest BCUT2D eigenvalue weighted by Crippen LogP contribution is -2.29. The lowest BCUT2D eigenvalue weighted by Gasteiger charge is -2.19. The van der Waals surface area contributed by atoms with Gasteiger partial charge in [-0.15, -0.1) is 35.6 Å². The third kappa shape index (κ3) is 7.07. The van der Waals surface area contributed by atoms with Crippen LogP contribution in [0.4, 0.5) is 17.1 Å². The number of pyridine rings is 1. The first-order valence-electron chi connectivity index (χ1n) is 12.0. The Balaban J connectivity index is 0.00000361. The van der Waals surface area contributed by atoms with Crippen molar-refractivity contribution in [2.24, 2.45) is 0 Å². The Labute approximate surface area is 229 Å². The summed E-state index contributed by atoms with van der Waals surface area (Å²) in [4.78, 5) is 7.26. The molecule has 0 bridgehead atoms. The van der Waals surface area contributed by atoms with Crippen molar-refractivity contribution in [3.05, 3.63) is 66.2 Å². The highest BCUT2D eigenvalue weighted by Crippen LogP contribution is 2.37. The van der Waals surface area contributed by atoms with Crippen molar-refractivity contribution in [2.75, 3.05) is 49.1 Å². The molecule has 0 radical (unpaired) electrons. The van der Waals surface area contributed by atoms with E-state index in [0.717, 1.165) is 82.7 Å². The molecule has 1 heterocycles. The minimum Gasteiger partial charge on any atom is -0.491 e. The lowest BCUT2D eigenvalue weighted by atomic mass is 10.1. The van der Waals surface area contributed by atoms with E-state index >= 15 is 0 Å². The second-order valence-corrected chi connectivity index (χ2v) is 9.44. The molecule has 4 rings (SSSR count). The quantitative estimate of drug-likeness (QED) is 0.0838. The van der Waals surface area contributed by atoms with Gasteiger partial charge in [-0.1, -0.05) is 30.3 Å². The number of unbranched alkanes of at least 4 members (excludes halogenated alkanes) is 1. The number of benzene rings is 3. The molecule has 0 unspecified atom stereocenters. The van der Waals surface area contributed by atoms with Gasteiger partial charge in [0.25, 0.3) is 0 Å². The van der Waals surface area contributed by atoms with Gasteiger partial charge in [-0.3, -0.25) is 0 Å². The maximum absolute atomic E-state index is 6.23. The second kappa shape index (κ2) is 13.8. The zero-order chi connectivity index (χ0) is 24.6. The second-order valence-electron chi connectivity index (χ2n) is 8.69. The third-order valence-corrected chi connectivity index (χ3v) is 6.31. The first-order valence-corrected chi connectivity index (χ1v) is 13.1. The lowest BCUT2D eigenvalue weighted by molar-refractivity contribution is 0.269. The van der Waals surface area contributed by atoms with Crippen molar-refractivity contribution in [3.63, 3.8) is 0 Å². The van der Waals surface area contributed by atoms with Crippen LogP contribution in [0.25, 0.3) is 21.8 Å². The SMILES string of the molecule is Cc1cc(N)cc(Nc2c3ccccc3nc3c(OCCCCN(CCCl)CCCl)cccc23)c1.Cl. The van der Waals surface area contributed by atoms with E-state index in [1.165, 1.54) is 0 Å². The van der Waals surface area contributed by atoms with Crippen molar-refractivity contribution in [2.45, 2.75) is 19.8 Å². The molecule has 0 saturated carbocycles. The monoisotopic (exact) mass is 546 g/mol. The van der Waals surface area contributed by atoms with Crippen LogP contribution in [0.1, 0.15) is 18.4 Å². The predicted molar refractivity (Wildman–Crippen MR) is 158 cm³/mol. The number of aromatic nitrogens is 1. The van der Waals surface area contributed by atoms with Gasteiger partial charge in [0.2, 0.25) is 0 Å². The largest absolute Gasteiger partial charge is 0.491 e. The van der Waals surface area contributed by atoms with Gasteiger partial charge in [-0.2, -0.15) is 0 Å². The summed E-state index contributed by atoms with van der Waals surface area (Å²) in [6.07, 6.45) is 1.97. The van der Waals surface area contributed by atoms with Gasteiger partial charge >= 0.3 is 0 Å². The number of nitrogen functional groups attached to an aromatic ring is 1. The molecule has 5 nitrogen and oxygen atoms in total. The molecule has 36 heavy (non-hydrogen) atoms. The molecule has 1 aromatic heterocycles. The predicted octanol–water partition coefficient (Wildman–Crippen LogP) is 7.38. The summed E-state index contributed by atoms with van der Waals surface area (Å²) >= 11 is 11.8. The molecule has 8 heteroatoms. The first-order chi connectivity index (χ1) is 17.1. The summed E-state index contributed by atoms with van der Waals surface area (Å²) in [5, 5.41) is 5.67. The fraction of sp³-hybridized carbons (Fsp3) is 0.321. The molecule has 192 valence electrons. The number of rotatable bonds is 12. The topological polar surface area (TPSA) is 63.4 Å². The van der Waals surface area contributed by atoms with Crippen LogP contribution >= 0.6 is 35.6 Å². The van der Waals surface area contributed by atoms with Gasteiger partial charge in [0.05, 0.1) is 17.8 Å². The third-order valence-electron chi connectivity index (χ3n) is 5.97. The Morgan fingerprint density at radius 2 is 1.67 bits per heavy atom. The molecule has 3 N–H and O–H groups in total. The number of anilines is 3. The van der Waals surface area contributed by atoms with Crippen molar-refractivity contribution in [3.8, 4) is 5.75 Å². The Morgan fingerprint density at radius 1 is 0.917 bits per heavy atom. The summed E-state index contributed by atoms with van der Waals surface area (Å²) in [7, 11) is 0. The van der Waals surface area contributed by atoms with E-state index in [1.54, 1.807) is 0 Å². The number of halogens is 3. The summed E-state index contributed by atoms with van der Waals surface area (Å²) in [6.45, 7) is 5.35. The highest BCUT2D eigenvalue weighted by molar-refractivity contribution is 6.18. The van der Waals surface area contributed by atoms with Crippen LogP contribution < -0.4 is 15.8 Å². The molecule has 0 saturated heterocycles. The van der Waals surface area contributed by atoms with E-state index in [9.17, 15) is 0 Å². The van der Waals surface area contributed by atoms with Gasteiger partial charge in [-0.05, 0) is 62.2 Å². The molecule has 0 amide bonds. The van der Waals surface area contributed by atoms with E-state index in [-0.39, 0.29) is 12.4 Å². The van der Waals surface area contributed by atoms with Crippen molar-refractivity contribution >= 4 is 74.5 Å². The van der Waals surface area contributed by atoms with Gasteiger partial charge in [0, 0.05) is 47.0 Å². The number of hydrogen-bond acceptors (Lipinski definition) is 5.